The third-order valence-electron chi connectivity index (χ3n) is 13.6. The van der Waals surface area contributed by atoms with Crippen LogP contribution in [0.1, 0.15) is 52.7 Å². The Hall–Kier alpha value is -7.17. The number of aromatic nitrogens is 3. The van der Waals surface area contributed by atoms with Gasteiger partial charge >= 0.3 is 0 Å². The van der Waals surface area contributed by atoms with Gasteiger partial charge in [0.05, 0.1) is 39.5 Å². The average molecular weight is 785 g/mol. The third-order valence-corrected chi connectivity index (χ3v) is 13.6. The van der Waals surface area contributed by atoms with Crippen LogP contribution in [0.25, 0.3) is 97.9 Å². The standard InChI is InChI=1S/C57H44N4/c1-56(2,3)36-28-43-44-29-37(57(4,5)6)31-47(59(38-20-9-7-10-21-38)39-22-11-8-12-23-39)53(44)60-48-32-58-55-51(49(48)45(30-36)52(43)60)50-40-24-16-15-19-35(40)26-42-41-25-33-17-13-14-18-34(33)27-46(41)61(55)54(42)50/h7-32H,1-6H3. The van der Waals surface area contributed by atoms with E-state index in [0.29, 0.717) is 0 Å². The van der Waals surface area contributed by atoms with Crippen LogP contribution < -0.4 is 4.90 Å². The molecular weight excluding hydrogens is 741 g/mol. The first-order valence-electron chi connectivity index (χ1n) is 21.6. The molecule has 61 heavy (non-hydrogen) atoms. The molecule has 5 aromatic heterocycles. The van der Waals surface area contributed by atoms with Gasteiger partial charge in [0.2, 0.25) is 0 Å². The van der Waals surface area contributed by atoms with Crippen molar-refractivity contribution in [3.63, 3.8) is 0 Å². The molecule has 4 heteroatoms. The number of anilines is 3. The van der Waals surface area contributed by atoms with E-state index >= 15 is 0 Å². The predicted molar refractivity (Wildman–Crippen MR) is 261 cm³/mol. The zero-order chi connectivity index (χ0) is 41.1. The van der Waals surface area contributed by atoms with Gasteiger partial charge in [-0.1, -0.05) is 126 Å². The summed E-state index contributed by atoms with van der Waals surface area (Å²) >= 11 is 0. The van der Waals surface area contributed by atoms with Gasteiger partial charge in [0.1, 0.15) is 5.65 Å². The number of benzene rings is 8. The minimum Gasteiger partial charge on any atom is -0.308 e. The molecule has 8 aromatic carbocycles. The molecule has 0 fully saturated rings. The van der Waals surface area contributed by atoms with E-state index in [1.807, 2.05) is 0 Å². The van der Waals surface area contributed by atoms with Crippen LogP contribution in [-0.4, -0.2) is 13.8 Å². The van der Waals surface area contributed by atoms with E-state index < -0.39 is 0 Å². The number of hydrogen-bond acceptors (Lipinski definition) is 2. The van der Waals surface area contributed by atoms with Crippen LogP contribution in [0.2, 0.25) is 0 Å². The summed E-state index contributed by atoms with van der Waals surface area (Å²) in [4.78, 5) is 8.04. The number of hydrogen-bond donors (Lipinski definition) is 0. The number of nitrogens with zero attached hydrogens (tertiary/aromatic N) is 4. The molecule has 0 aliphatic rings. The molecule has 0 amide bonds. The highest BCUT2D eigenvalue weighted by atomic mass is 15.2. The van der Waals surface area contributed by atoms with E-state index in [0.717, 1.165) is 28.2 Å². The topological polar surface area (TPSA) is 24.9 Å². The molecule has 0 N–H and O–H groups in total. The van der Waals surface area contributed by atoms with E-state index in [1.165, 1.54) is 97.8 Å². The monoisotopic (exact) mass is 784 g/mol. The lowest BCUT2D eigenvalue weighted by Crippen LogP contribution is -2.15. The molecule has 0 saturated heterocycles. The Morgan fingerprint density at radius 1 is 0.410 bits per heavy atom. The molecule has 0 unspecified atom stereocenters. The summed E-state index contributed by atoms with van der Waals surface area (Å²) in [6.45, 7) is 14.0. The Morgan fingerprint density at radius 3 is 1.62 bits per heavy atom. The lowest BCUT2D eigenvalue weighted by Gasteiger charge is -2.29. The highest BCUT2D eigenvalue weighted by Gasteiger charge is 2.31. The van der Waals surface area contributed by atoms with Gasteiger partial charge in [-0.15, -0.1) is 0 Å². The van der Waals surface area contributed by atoms with Gasteiger partial charge in [-0.05, 0) is 110 Å². The van der Waals surface area contributed by atoms with Gasteiger partial charge in [-0.3, -0.25) is 4.40 Å². The Morgan fingerprint density at radius 2 is 0.951 bits per heavy atom. The smallest absolute Gasteiger partial charge is 0.146 e. The normalized spacial score (nSPS) is 13.1. The number of para-hydroxylation sites is 2. The largest absolute Gasteiger partial charge is 0.308 e. The molecule has 4 nitrogen and oxygen atoms in total. The minimum absolute atomic E-state index is 0.0854. The Bertz CT molecular complexity index is 3890. The Labute approximate surface area is 353 Å². The van der Waals surface area contributed by atoms with Crippen molar-refractivity contribution >= 4 is 115 Å². The van der Waals surface area contributed by atoms with Crippen LogP contribution in [0, 0.1) is 0 Å². The summed E-state index contributed by atoms with van der Waals surface area (Å²) in [6.07, 6.45) is 2.17. The lowest BCUT2D eigenvalue weighted by atomic mass is 9.83. The molecule has 0 aliphatic carbocycles. The maximum absolute atomic E-state index is 5.58. The van der Waals surface area contributed by atoms with Crippen molar-refractivity contribution in [1.29, 1.82) is 0 Å². The maximum atomic E-state index is 5.58. The second-order valence-corrected chi connectivity index (χ2v) is 19.3. The maximum Gasteiger partial charge on any atom is 0.146 e. The first-order valence-corrected chi connectivity index (χ1v) is 21.6. The average Bonchev–Trinajstić information content (AvgIpc) is 3.98. The quantitative estimate of drug-likeness (QED) is 0.178. The fraction of sp³-hybridized carbons (Fsp3) is 0.140. The highest BCUT2D eigenvalue weighted by molar-refractivity contribution is 6.39. The lowest BCUT2D eigenvalue weighted by molar-refractivity contribution is 0.591. The van der Waals surface area contributed by atoms with Gasteiger partial charge in [0.25, 0.3) is 0 Å². The first kappa shape index (κ1) is 34.7. The summed E-state index contributed by atoms with van der Waals surface area (Å²) < 4.78 is 5.04. The highest BCUT2D eigenvalue weighted by Crippen LogP contribution is 2.52. The van der Waals surface area contributed by atoms with Crippen LogP contribution in [0.5, 0.6) is 0 Å². The van der Waals surface area contributed by atoms with Crippen molar-refractivity contribution in [3.05, 3.63) is 169 Å². The Balaban J connectivity index is 1.29. The molecule has 0 bridgehead atoms. The number of fused-ring (bicyclic) bond motifs is 16. The molecule has 292 valence electrons. The summed E-state index contributed by atoms with van der Waals surface area (Å²) in [5.41, 5.74) is 12.9. The number of pyridine rings is 1. The van der Waals surface area contributed by atoms with Crippen LogP contribution in [0.4, 0.5) is 17.1 Å². The molecule has 5 heterocycles. The summed E-state index contributed by atoms with van der Waals surface area (Å²) in [5.74, 6) is 0. The fourth-order valence-corrected chi connectivity index (χ4v) is 10.6. The van der Waals surface area contributed by atoms with Crippen molar-refractivity contribution in [2.24, 2.45) is 0 Å². The molecule has 13 rings (SSSR count). The van der Waals surface area contributed by atoms with Crippen molar-refractivity contribution in [1.82, 2.24) is 13.8 Å². The van der Waals surface area contributed by atoms with E-state index in [1.54, 1.807) is 0 Å². The van der Waals surface area contributed by atoms with Crippen LogP contribution in [0.15, 0.2) is 158 Å². The number of rotatable bonds is 3. The van der Waals surface area contributed by atoms with Crippen molar-refractivity contribution < 1.29 is 0 Å². The van der Waals surface area contributed by atoms with E-state index in [2.05, 4.69) is 213 Å². The van der Waals surface area contributed by atoms with Gasteiger partial charge in [-0.25, -0.2) is 4.98 Å². The summed E-state index contributed by atoms with van der Waals surface area (Å²) in [6, 6.07) is 56.5. The van der Waals surface area contributed by atoms with Crippen molar-refractivity contribution in [2.45, 2.75) is 52.4 Å². The van der Waals surface area contributed by atoms with Crippen LogP contribution >= 0.6 is 0 Å². The fourth-order valence-electron chi connectivity index (χ4n) is 10.6. The molecule has 0 radical (unpaired) electrons. The zero-order valence-electron chi connectivity index (χ0n) is 35.3. The zero-order valence-corrected chi connectivity index (χ0v) is 35.3. The van der Waals surface area contributed by atoms with Crippen LogP contribution in [-0.2, 0) is 10.8 Å². The molecule has 13 aromatic rings. The van der Waals surface area contributed by atoms with E-state index in [9.17, 15) is 0 Å². The van der Waals surface area contributed by atoms with Crippen molar-refractivity contribution in [3.8, 4) is 0 Å². The second kappa shape index (κ2) is 11.8. The molecule has 0 saturated carbocycles. The predicted octanol–water partition coefficient (Wildman–Crippen LogP) is 15.8. The second-order valence-electron chi connectivity index (χ2n) is 19.3. The van der Waals surface area contributed by atoms with E-state index in [-0.39, 0.29) is 10.8 Å². The molecule has 0 atom stereocenters. The van der Waals surface area contributed by atoms with Crippen molar-refractivity contribution in [2.75, 3.05) is 4.90 Å². The third kappa shape index (κ3) is 4.62. The molecular formula is C57H44N4. The summed E-state index contributed by atoms with van der Waals surface area (Å²) in [5, 5.41) is 15.2. The minimum atomic E-state index is -0.0907. The van der Waals surface area contributed by atoms with Gasteiger partial charge in [0, 0.05) is 54.5 Å². The van der Waals surface area contributed by atoms with E-state index in [4.69, 9.17) is 4.98 Å². The molecule has 0 spiro atoms. The Kier molecular flexibility index (Phi) is 6.69. The van der Waals surface area contributed by atoms with Gasteiger partial charge < -0.3 is 9.30 Å². The SMILES string of the molecule is CC(C)(C)c1cc(N(c2ccccc2)c2ccccc2)c2c(c1)c1cc(C(C)(C)C)cc3c4c5c6c7ccccc7cc7c8cc9ccccc9cc8n(c5ncc4n2c13)c76. The summed E-state index contributed by atoms with van der Waals surface area (Å²) in [7, 11) is 0. The molecule has 0 aliphatic heterocycles. The van der Waals surface area contributed by atoms with Gasteiger partial charge in [0.15, 0.2) is 0 Å². The first-order chi connectivity index (χ1) is 29.5. The van der Waals surface area contributed by atoms with Crippen LogP contribution in [0.3, 0.4) is 0 Å². The van der Waals surface area contributed by atoms with Gasteiger partial charge in [-0.2, -0.15) is 0 Å².